The van der Waals surface area contributed by atoms with Gasteiger partial charge in [0.05, 0.1) is 0 Å². The summed E-state index contributed by atoms with van der Waals surface area (Å²) in [5.74, 6) is 0.227. The number of rotatable bonds is 4. The van der Waals surface area contributed by atoms with Gasteiger partial charge in [0, 0.05) is 37.4 Å². The number of urea groups is 1. The Morgan fingerprint density at radius 1 is 0.871 bits per heavy atom. The molecule has 166 valence electrons. The van der Waals surface area contributed by atoms with E-state index in [1.807, 2.05) is 6.07 Å². The van der Waals surface area contributed by atoms with Crippen LogP contribution in [-0.4, -0.2) is 47.9 Å². The van der Waals surface area contributed by atoms with Crippen LogP contribution in [0.15, 0.2) is 42.5 Å². The third-order valence-corrected chi connectivity index (χ3v) is 5.77. The van der Waals surface area contributed by atoms with Crippen LogP contribution in [0.5, 0.6) is 0 Å². The SMILES string of the molecule is CC(C)c1ccc(NC(=O)N2CCCN(C(=O)c3ccc(F)cc3)CC2)c(C(C)C)c1. The summed E-state index contributed by atoms with van der Waals surface area (Å²) in [5, 5.41) is 3.08. The van der Waals surface area contributed by atoms with Crippen LogP contribution in [0.25, 0.3) is 0 Å². The first-order chi connectivity index (χ1) is 14.8. The van der Waals surface area contributed by atoms with Crippen molar-refractivity contribution in [3.63, 3.8) is 0 Å². The molecule has 6 heteroatoms. The normalized spacial score (nSPS) is 14.7. The van der Waals surface area contributed by atoms with E-state index in [4.69, 9.17) is 0 Å². The molecule has 0 spiro atoms. The molecule has 0 atom stereocenters. The number of benzene rings is 2. The first-order valence-electron chi connectivity index (χ1n) is 11.0. The lowest BCUT2D eigenvalue weighted by molar-refractivity contribution is 0.0762. The van der Waals surface area contributed by atoms with E-state index in [1.165, 1.54) is 29.8 Å². The van der Waals surface area contributed by atoms with Gasteiger partial charge in [-0.15, -0.1) is 0 Å². The van der Waals surface area contributed by atoms with Crippen LogP contribution in [0.4, 0.5) is 14.9 Å². The maximum Gasteiger partial charge on any atom is 0.321 e. The van der Waals surface area contributed by atoms with Gasteiger partial charge in [0.15, 0.2) is 0 Å². The highest BCUT2D eigenvalue weighted by Crippen LogP contribution is 2.28. The number of halogens is 1. The highest BCUT2D eigenvalue weighted by atomic mass is 19.1. The highest BCUT2D eigenvalue weighted by molar-refractivity contribution is 5.94. The summed E-state index contributed by atoms with van der Waals surface area (Å²) in [6.45, 7) is 10.6. The molecule has 0 radical (unpaired) electrons. The molecular formula is C25H32FN3O2. The first kappa shape index (κ1) is 22.8. The number of carbonyl (C=O) groups excluding carboxylic acids is 2. The van der Waals surface area contributed by atoms with Gasteiger partial charge in [-0.2, -0.15) is 0 Å². The Bertz CT molecular complexity index is 925. The Morgan fingerprint density at radius 3 is 2.16 bits per heavy atom. The molecule has 3 rings (SSSR count). The van der Waals surface area contributed by atoms with Crippen LogP contribution < -0.4 is 5.32 Å². The standard InChI is InChI=1S/C25H32FN3O2/c1-17(2)20-8-11-23(22(16-20)18(3)4)27-25(31)29-13-5-12-28(14-15-29)24(30)19-6-9-21(26)10-7-19/h6-11,16-18H,5,12-15H2,1-4H3,(H,27,31). The molecule has 2 aromatic carbocycles. The fourth-order valence-electron chi connectivity index (χ4n) is 3.82. The minimum atomic E-state index is -0.363. The van der Waals surface area contributed by atoms with E-state index in [1.54, 1.807) is 9.80 Å². The van der Waals surface area contributed by atoms with E-state index in [2.05, 4.69) is 45.1 Å². The molecule has 0 bridgehead atoms. The van der Waals surface area contributed by atoms with Gasteiger partial charge in [0.1, 0.15) is 5.82 Å². The van der Waals surface area contributed by atoms with Crippen LogP contribution in [-0.2, 0) is 0 Å². The largest absolute Gasteiger partial charge is 0.337 e. The van der Waals surface area contributed by atoms with Gasteiger partial charge in [0.2, 0.25) is 0 Å². The van der Waals surface area contributed by atoms with E-state index in [0.29, 0.717) is 50.0 Å². The van der Waals surface area contributed by atoms with Crippen molar-refractivity contribution in [2.45, 2.75) is 46.0 Å². The van der Waals surface area contributed by atoms with Crippen molar-refractivity contribution in [2.24, 2.45) is 0 Å². The number of carbonyl (C=O) groups is 2. The summed E-state index contributed by atoms with van der Waals surface area (Å²) < 4.78 is 13.1. The molecule has 3 amide bonds. The second-order valence-electron chi connectivity index (χ2n) is 8.73. The second kappa shape index (κ2) is 9.94. The maximum absolute atomic E-state index is 13.1. The van der Waals surface area contributed by atoms with E-state index in [0.717, 1.165) is 11.3 Å². The molecule has 1 saturated heterocycles. The lowest BCUT2D eigenvalue weighted by atomic mass is 9.94. The molecule has 0 unspecified atom stereocenters. The average Bonchev–Trinajstić information content (AvgIpc) is 3.00. The van der Waals surface area contributed by atoms with E-state index in [-0.39, 0.29) is 17.8 Å². The Balaban J connectivity index is 1.66. The van der Waals surface area contributed by atoms with Gasteiger partial charge in [0.25, 0.3) is 5.91 Å². The van der Waals surface area contributed by atoms with Gasteiger partial charge >= 0.3 is 6.03 Å². The van der Waals surface area contributed by atoms with Crippen molar-refractivity contribution in [1.82, 2.24) is 9.80 Å². The van der Waals surface area contributed by atoms with Gasteiger partial charge in [-0.1, -0.05) is 39.8 Å². The van der Waals surface area contributed by atoms with E-state index >= 15 is 0 Å². The number of anilines is 1. The number of hydrogen-bond donors (Lipinski definition) is 1. The summed E-state index contributed by atoms with van der Waals surface area (Å²) in [6, 6.07) is 11.7. The Kier molecular flexibility index (Phi) is 7.31. The predicted octanol–water partition coefficient (Wildman–Crippen LogP) is 5.45. The zero-order valence-corrected chi connectivity index (χ0v) is 18.8. The summed E-state index contributed by atoms with van der Waals surface area (Å²) in [5.41, 5.74) is 3.69. The lowest BCUT2D eigenvalue weighted by Crippen LogP contribution is -2.39. The zero-order valence-electron chi connectivity index (χ0n) is 18.8. The zero-order chi connectivity index (χ0) is 22.5. The quantitative estimate of drug-likeness (QED) is 0.708. The molecule has 1 N–H and O–H groups in total. The smallest absolute Gasteiger partial charge is 0.321 e. The van der Waals surface area contributed by atoms with Crippen LogP contribution in [0.3, 0.4) is 0 Å². The molecule has 1 fully saturated rings. The van der Waals surface area contributed by atoms with Crippen molar-refractivity contribution < 1.29 is 14.0 Å². The molecule has 5 nitrogen and oxygen atoms in total. The highest BCUT2D eigenvalue weighted by Gasteiger charge is 2.23. The molecule has 0 aromatic heterocycles. The monoisotopic (exact) mass is 425 g/mol. The van der Waals surface area contributed by atoms with Crippen LogP contribution in [0.2, 0.25) is 0 Å². The van der Waals surface area contributed by atoms with Gasteiger partial charge in [-0.3, -0.25) is 4.79 Å². The van der Waals surface area contributed by atoms with Crippen LogP contribution in [0, 0.1) is 5.82 Å². The molecule has 1 heterocycles. The fourth-order valence-corrected chi connectivity index (χ4v) is 3.82. The topological polar surface area (TPSA) is 52.7 Å². The van der Waals surface area contributed by atoms with E-state index in [9.17, 15) is 14.0 Å². The Hall–Kier alpha value is -2.89. The molecular weight excluding hydrogens is 393 g/mol. The van der Waals surface area contributed by atoms with Crippen LogP contribution in [0.1, 0.15) is 67.4 Å². The maximum atomic E-state index is 13.1. The summed E-state index contributed by atoms with van der Waals surface area (Å²) >= 11 is 0. The van der Waals surface area contributed by atoms with Crippen molar-refractivity contribution in [1.29, 1.82) is 0 Å². The van der Waals surface area contributed by atoms with Crippen molar-refractivity contribution in [3.05, 3.63) is 65.0 Å². The van der Waals surface area contributed by atoms with Gasteiger partial charge < -0.3 is 15.1 Å². The molecule has 0 saturated carbocycles. The minimum absolute atomic E-state index is 0.131. The Labute approximate surface area is 184 Å². The van der Waals surface area contributed by atoms with Gasteiger partial charge in [-0.25, -0.2) is 9.18 Å². The third-order valence-electron chi connectivity index (χ3n) is 5.77. The van der Waals surface area contributed by atoms with Crippen molar-refractivity contribution in [3.8, 4) is 0 Å². The summed E-state index contributed by atoms with van der Waals surface area (Å²) in [7, 11) is 0. The molecule has 1 aliphatic heterocycles. The van der Waals surface area contributed by atoms with Crippen molar-refractivity contribution >= 4 is 17.6 Å². The van der Waals surface area contributed by atoms with Crippen LogP contribution >= 0.6 is 0 Å². The number of amides is 3. The molecule has 31 heavy (non-hydrogen) atoms. The predicted molar refractivity (Wildman–Crippen MR) is 122 cm³/mol. The average molecular weight is 426 g/mol. The Morgan fingerprint density at radius 2 is 1.52 bits per heavy atom. The summed E-state index contributed by atoms with van der Waals surface area (Å²) in [6.07, 6.45) is 0.698. The minimum Gasteiger partial charge on any atom is -0.337 e. The number of hydrogen-bond acceptors (Lipinski definition) is 2. The number of nitrogens with zero attached hydrogens (tertiary/aromatic N) is 2. The van der Waals surface area contributed by atoms with E-state index < -0.39 is 0 Å². The van der Waals surface area contributed by atoms with Crippen molar-refractivity contribution in [2.75, 3.05) is 31.5 Å². The lowest BCUT2D eigenvalue weighted by Gasteiger charge is -2.24. The third kappa shape index (κ3) is 5.63. The summed E-state index contributed by atoms with van der Waals surface area (Å²) in [4.78, 5) is 29.2. The first-order valence-corrected chi connectivity index (χ1v) is 11.0. The number of nitrogens with one attached hydrogen (secondary N) is 1. The molecule has 1 aliphatic rings. The van der Waals surface area contributed by atoms with Gasteiger partial charge in [-0.05, 0) is 59.7 Å². The molecule has 0 aliphatic carbocycles. The fraction of sp³-hybridized carbons (Fsp3) is 0.440. The second-order valence-corrected chi connectivity index (χ2v) is 8.73. The molecule has 2 aromatic rings.